The lowest BCUT2D eigenvalue weighted by Gasteiger charge is -2.07. The summed E-state index contributed by atoms with van der Waals surface area (Å²) in [5, 5.41) is 3.14. The van der Waals surface area contributed by atoms with Gasteiger partial charge in [-0.1, -0.05) is 34.1 Å². The maximum Gasteiger partial charge on any atom is 0.231 e. The summed E-state index contributed by atoms with van der Waals surface area (Å²) in [6, 6.07) is 13.6. The van der Waals surface area contributed by atoms with Crippen LogP contribution in [0.1, 0.15) is 11.1 Å². The highest BCUT2D eigenvalue weighted by Crippen LogP contribution is 2.32. The molecule has 0 aliphatic carbocycles. The van der Waals surface area contributed by atoms with Crippen molar-refractivity contribution in [2.24, 2.45) is 21.5 Å². The predicted molar refractivity (Wildman–Crippen MR) is 100 cm³/mol. The molecule has 0 unspecified atom stereocenters. The molecule has 2 aromatic carbocycles. The highest BCUT2D eigenvalue weighted by atomic mass is 79.9. The van der Waals surface area contributed by atoms with Crippen LogP contribution in [0, 0.1) is 0 Å². The molecule has 0 spiro atoms. The van der Waals surface area contributed by atoms with Crippen molar-refractivity contribution in [3.8, 4) is 11.5 Å². The second kappa shape index (κ2) is 7.89. The number of aliphatic imine (C=N–C) groups is 2. The van der Waals surface area contributed by atoms with Gasteiger partial charge in [-0.15, -0.1) is 0 Å². The third kappa shape index (κ3) is 4.87. The highest BCUT2D eigenvalue weighted by molar-refractivity contribution is 9.10. The lowest BCUT2D eigenvalue weighted by Crippen LogP contribution is -2.29. The number of hydrogen-bond acceptors (Lipinski definition) is 3. The summed E-state index contributed by atoms with van der Waals surface area (Å²) in [4.78, 5) is 8.49. The normalized spacial score (nSPS) is 12.8. The number of halogens is 1. The van der Waals surface area contributed by atoms with Crippen LogP contribution >= 0.6 is 15.9 Å². The van der Waals surface area contributed by atoms with Crippen LogP contribution in [0.15, 0.2) is 56.9 Å². The Morgan fingerprint density at radius 3 is 2.52 bits per heavy atom. The third-order valence-electron chi connectivity index (χ3n) is 3.45. The van der Waals surface area contributed by atoms with Crippen molar-refractivity contribution in [3.05, 3.63) is 58.1 Å². The van der Waals surface area contributed by atoms with E-state index in [4.69, 9.17) is 20.9 Å². The monoisotopic (exact) mass is 403 g/mol. The van der Waals surface area contributed by atoms with E-state index in [9.17, 15) is 0 Å². The molecule has 1 aliphatic rings. The van der Waals surface area contributed by atoms with Crippen LogP contribution < -0.4 is 26.3 Å². The molecule has 1 heterocycles. The summed E-state index contributed by atoms with van der Waals surface area (Å²) in [6.45, 7) is 1.22. The molecular formula is C17H18BrN5O2. The van der Waals surface area contributed by atoms with Gasteiger partial charge in [-0.2, -0.15) is 4.99 Å². The predicted octanol–water partition coefficient (Wildman–Crippen LogP) is 2.10. The molecule has 1 aliphatic heterocycles. The minimum atomic E-state index is -0.0484. The van der Waals surface area contributed by atoms with Crippen molar-refractivity contribution >= 4 is 27.8 Å². The van der Waals surface area contributed by atoms with Gasteiger partial charge in [0.15, 0.2) is 17.5 Å². The summed E-state index contributed by atoms with van der Waals surface area (Å²) < 4.78 is 11.7. The summed E-state index contributed by atoms with van der Waals surface area (Å²) >= 11 is 3.41. The molecule has 0 atom stereocenters. The van der Waals surface area contributed by atoms with E-state index < -0.39 is 0 Å². The van der Waals surface area contributed by atoms with Gasteiger partial charge in [0.2, 0.25) is 12.8 Å². The molecule has 25 heavy (non-hydrogen) atoms. The number of ether oxygens (including phenoxy) is 2. The topological polar surface area (TPSA) is 107 Å². The Morgan fingerprint density at radius 1 is 1.04 bits per heavy atom. The largest absolute Gasteiger partial charge is 0.454 e. The first-order valence-corrected chi connectivity index (χ1v) is 8.40. The zero-order valence-electron chi connectivity index (χ0n) is 13.4. The molecule has 3 rings (SSSR count). The van der Waals surface area contributed by atoms with E-state index >= 15 is 0 Å². The van der Waals surface area contributed by atoms with Gasteiger partial charge in [-0.05, 0) is 35.4 Å². The quantitative estimate of drug-likeness (QED) is 0.535. The Hall–Kier alpha value is -2.74. The second-order valence-electron chi connectivity index (χ2n) is 5.34. The Kier molecular flexibility index (Phi) is 5.39. The van der Waals surface area contributed by atoms with Gasteiger partial charge in [-0.3, -0.25) is 0 Å². The van der Waals surface area contributed by atoms with Gasteiger partial charge in [0.1, 0.15) is 0 Å². The van der Waals surface area contributed by atoms with Gasteiger partial charge in [0, 0.05) is 11.0 Å². The Morgan fingerprint density at radius 2 is 1.76 bits per heavy atom. The van der Waals surface area contributed by atoms with E-state index in [-0.39, 0.29) is 12.8 Å². The number of nitrogens with zero attached hydrogens (tertiary/aromatic N) is 2. The first-order chi connectivity index (χ1) is 12.1. The van der Waals surface area contributed by atoms with Crippen LogP contribution in [0.25, 0.3) is 0 Å². The number of nitrogens with one attached hydrogen (secondary N) is 1. The summed E-state index contributed by atoms with van der Waals surface area (Å²) in [6.07, 6.45) is 0. The highest BCUT2D eigenvalue weighted by Gasteiger charge is 2.12. The van der Waals surface area contributed by atoms with E-state index in [0.29, 0.717) is 19.0 Å². The molecule has 0 saturated carbocycles. The molecule has 5 N–H and O–H groups in total. The Balaban J connectivity index is 1.68. The van der Waals surface area contributed by atoms with Gasteiger partial charge in [0.25, 0.3) is 0 Å². The lowest BCUT2D eigenvalue weighted by atomic mass is 10.2. The Labute approximate surface area is 153 Å². The first kappa shape index (κ1) is 17.1. The van der Waals surface area contributed by atoms with E-state index in [1.165, 1.54) is 0 Å². The minimum Gasteiger partial charge on any atom is -0.454 e. The fourth-order valence-corrected chi connectivity index (χ4v) is 2.51. The van der Waals surface area contributed by atoms with E-state index in [2.05, 4.69) is 31.2 Å². The van der Waals surface area contributed by atoms with Crippen LogP contribution in [0.3, 0.4) is 0 Å². The molecular weight excluding hydrogens is 386 g/mol. The van der Waals surface area contributed by atoms with Crippen molar-refractivity contribution in [1.82, 2.24) is 5.32 Å². The smallest absolute Gasteiger partial charge is 0.231 e. The SMILES string of the molecule is NC(N)=NC(=NCc1ccc2c(c1)OCO2)NCc1ccc(Br)cc1. The molecule has 0 bridgehead atoms. The number of hydrogen-bond donors (Lipinski definition) is 3. The molecule has 7 nitrogen and oxygen atoms in total. The zero-order chi connectivity index (χ0) is 17.6. The van der Waals surface area contributed by atoms with Crippen LogP contribution in [-0.2, 0) is 13.1 Å². The molecule has 0 amide bonds. The number of benzene rings is 2. The average Bonchev–Trinajstić information content (AvgIpc) is 3.06. The second-order valence-corrected chi connectivity index (χ2v) is 6.26. The van der Waals surface area contributed by atoms with Crippen LogP contribution in [0.5, 0.6) is 11.5 Å². The molecule has 0 aromatic heterocycles. The Bertz CT molecular complexity index is 801. The van der Waals surface area contributed by atoms with Crippen molar-refractivity contribution in [2.75, 3.05) is 6.79 Å². The van der Waals surface area contributed by atoms with Crippen molar-refractivity contribution < 1.29 is 9.47 Å². The molecule has 0 fully saturated rings. The first-order valence-electron chi connectivity index (χ1n) is 7.61. The van der Waals surface area contributed by atoms with Gasteiger partial charge >= 0.3 is 0 Å². The number of guanidine groups is 2. The van der Waals surface area contributed by atoms with Crippen molar-refractivity contribution in [1.29, 1.82) is 0 Å². The summed E-state index contributed by atoms with van der Waals surface area (Å²) in [5.74, 6) is 1.79. The molecule has 2 aromatic rings. The maximum absolute atomic E-state index is 5.49. The number of rotatable bonds is 4. The standard InChI is InChI=1S/C17H18BrN5O2/c18-13-4-1-11(2-5-13)8-21-17(23-16(19)20)22-9-12-3-6-14-15(7-12)25-10-24-14/h1-7H,8-10H2,(H5,19,20,21,22,23). The molecule has 0 saturated heterocycles. The summed E-state index contributed by atoms with van der Waals surface area (Å²) in [7, 11) is 0. The third-order valence-corrected chi connectivity index (χ3v) is 3.98. The number of nitrogens with two attached hydrogens (primary N) is 2. The van der Waals surface area contributed by atoms with Crippen LogP contribution in [0.4, 0.5) is 0 Å². The maximum atomic E-state index is 5.49. The molecule has 0 radical (unpaired) electrons. The summed E-state index contributed by atoms with van der Waals surface area (Å²) in [5.41, 5.74) is 13.0. The molecule has 8 heteroatoms. The van der Waals surface area contributed by atoms with Crippen molar-refractivity contribution in [2.45, 2.75) is 13.1 Å². The van der Waals surface area contributed by atoms with E-state index in [1.807, 2.05) is 42.5 Å². The van der Waals surface area contributed by atoms with E-state index in [0.717, 1.165) is 27.1 Å². The minimum absolute atomic E-state index is 0.0484. The molecule has 130 valence electrons. The zero-order valence-corrected chi connectivity index (χ0v) is 15.0. The van der Waals surface area contributed by atoms with Crippen LogP contribution in [0.2, 0.25) is 0 Å². The fourth-order valence-electron chi connectivity index (χ4n) is 2.24. The van der Waals surface area contributed by atoms with Crippen molar-refractivity contribution in [3.63, 3.8) is 0 Å². The fraction of sp³-hybridized carbons (Fsp3) is 0.176. The van der Waals surface area contributed by atoms with Gasteiger partial charge in [-0.25, -0.2) is 4.99 Å². The van der Waals surface area contributed by atoms with Crippen LogP contribution in [-0.4, -0.2) is 18.7 Å². The van der Waals surface area contributed by atoms with Gasteiger partial charge in [0.05, 0.1) is 6.54 Å². The number of fused-ring (bicyclic) bond motifs is 1. The lowest BCUT2D eigenvalue weighted by molar-refractivity contribution is 0.174. The van der Waals surface area contributed by atoms with E-state index in [1.54, 1.807) is 0 Å². The average molecular weight is 404 g/mol. The van der Waals surface area contributed by atoms with Gasteiger partial charge < -0.3 is 26.3 Å².